The second-order valence-electron chi connectivity index (χ2n) is 5.42. The van der Waals surface area contributed by atoms with Gasteiger partial charge in [0.25, 0.3) is 0 Å². The summed E-state index contributed by atoms with van der Waals surface area (Å²) in [5.74, 6) is 0.247. The average molecular weight is 336 g/mol. The highest BCUT2D eigenvalue weighted by molar-refractivity contribution is 7.13. The number of thiazole rings is 1. The number of hydrogen-bond acceptors (Lipinski definition) is 4. The van der Waals surface area contributed by atoms with E-state index in [-0.39, 0.29) is 11.8 Å². The van der Waals surface area contributed by atoms with Crippen LogP contribution in [0.15, 0.2) is 35.8 Å². The summed E-state index contributed by atoms with van der Waals surface area (Å²) in [7, 11) is 0. The molecule has 1 aliphatic heterocycles. The SMILES string of the molecule is O=C(NCc1ccc(Cl)cc1)C1CCN(c2nccs2)CC1. The summed E-state index contributed by atoms with van der Waals surface area (Å²) in [5.41, 5.74) is 1.07. The number of aromatic nitrogens is 1. The van der Waals surface area contributed by atoms with Gasteiger partial charge in [0.05, 0.1) is 0 Å². The number of carbonyl (C=O) groups excluding carboxylic acids is 1. The van der Waals surface area contributed by atoms with Crippen molar-refractivity contribution in [3.63, 3.8) is 0 Å². The Morgan fingerprint density at radius 2 is 2.05 bits per heavy atom. The summed E-state index contributed by atoms with van der Waals surface area (Å²) in [6.45, 7) is 2.35. The largest absolute Gasteiger partial charge is 0.352 e. The first kappa shape index (κ1) is 15.3. The number of piperidine rings is 1. The van der Waals surface area contributed by atoms with Gasteiger partial charge >= 0.3 is 0 Å². The van der Waals surface area contributed by atoms with E-state index in [9.17, 15) is 4.79 Å². The minimum absolute atomic E-state index is 0.100. The zero-order chi connectivity index (χ0) is 15.4. The van der Waals surface area contributed by atoms with Gasteiger partial charge in [0.1, 0.15) is 0 Å². The van der Waals surface area contributed by atoms with E-state index in [1.54, 1.807) is 11.3 Å². The third-order valence-electron chi connectivity index (χ3n) is 3.94. The molecule has 3 rings (SSSR count). The van der Waals surface area contributed by atoms with Gasteiger partial charge in [0, 0.05) is 42.2 Å². The molecule has 6 heteroatoms. The summed E-state index contributed by atoms with van der Waals surface area (Å²) in [6, 6.07) is 7.56. The van der Waals surface area contributed by atoms with E-state index < -0.39 is 0 Å². The average Bonchev–Trinajstić information content (AvgIpc) is 3.09. The maximum atomic E-state index is 12.3. The molecule has 1 amide bonds. The number of nitrogens with zero attached hydrogens (tertiary/aromatic N) is 2. The molecule has 1 aromatic heterocycles. The standard InChI is InChI=1S/C16H18ClN3OS/c17-14-3-1-12(2-4-14)11-19-15(21)13-5-8-20(9-6-13)16-18-7-10-22-16/h1-4,7,10,13H,5-6,8-9,11H2,(H,19,21). The Hall–Kier alpha value is -1.59. The number of benzene rings is 1. The molecule has 1 aromatic carbocycles. The van der Waals surface area contributed by atoms with E-state index in [1.165, 1.54) is 0 Å². The summed E-state index contributed by atoms with van der Waals surface area (Å²) in [4.78, 5) is 18.8. The summed E-state index contributed by atoms with van der Waals surface area (Å²) in [5, 5.41) is 6.78. The molecule has 22 heavy (non-hydrogen) atoms. The molecule has 116 valence electrons. The second-order valence-corrected chi connectivity index (χ2v) is 6.73. The van der Waals surface area contributed by atoms with Crippen LogP contribution in [-0.4, -0.2) is 24.0 Å². The van der Waals surface area contributed by atoms with Gasteiger partial charge in [0.15, 0.2) is 5.13 Å². The molecule has 1 fully saturated rings. The lowest BCUT2D eigenvalue weighted by Gasteiger charge is -2.31. The number of carbonyl (C=O) groups is 1. The Morgan fingerprint density at radius 3 is 2.68 bits per heavy atom. The lowest BCUT2D eigenvalue weighted by atomic mass is 9.96. The number of nitrogens with one attached hydrogen (secondary N) is 1. The van der Waals surface area contributed by atoms with Crippen LogP contribution in [-0.2, 0) is 11.3 Å². The Balaban J connectivity index is 1.46. The smallest absolute Gasteiger partial charge is 0.223 e. The van der Waals surface area contributed by atoms with E-state index in [1.807, 2.05) is 35.8 Å². The molecule has 1 saturated heterocycles. The molecule has 0 unspecified atom stereocenters. The Bertz CT molecular complexity index is 607. The van der Waals surface area contributed by atoms with Crippen molar-refractivity contribution in [3.8, 4) is 0 Å². The van der Waals surface area contributed by atoms with Gasteiger partial charge in [0.2, 0.25) is 5.91 Å². The predicted octanol–water partition coefficient (Wildman–Crippen LogP) is 3.33. The minimum Gasteiger partial charge on any atom is -0.352 e. The molecule has 4 nitrogen and oxygen atoms in total. The fraction of sp³-hybridized carbons (Fsp3) is 0.375. The first-order valence-electron chi connectivity index (χ1n) is 7.39. The van der Waals surface area contributed by atoms with Crippen molar-refractivity contribution in [2.75, 3.05) is 18.0 Å². The van der Waals surface area contributed by atoms with Crippen LogP contribution < -0.4 is 10.2 Å². The number of anilines is 1. The van der Waals surface area contributed by atoms with Crippen molar-refractivity contribution >= 4 is 34.0 Å². The van der Waals surface area contributed by atoms with E-state index in [0.29, 0.717) is 11.6 Å². The van der Waals surface area contributed by atoms with Crippen molar-refractivity contribution in [1.29, 1.82) is 0 Å². The summed E-state index contributed by atoms with van der Waals surface area (Å²) < 4.78 is 0. The van der Waals surface area contributed by atoms with Crippen molar-refractivity contribution in [2.45, 2.75) is 19.4 Å². The first-order chi connectivity index (χ1) is 10.7. The van der Waals surface area contributed by atoms with Crippen LogP contribution >= 0.6 is 22.9 Å². The maximum Gasteiger partial charge on any atom is 0.223 e. The quantitative estimate of drug-likeness (QED) is 0.932. The molecule has 0 spiro atoms. The van der Waals surface area contributed by atoms with Crippen LogP contribution in [0, 0.1) is 5.92 Å². The lowest BCUT2D eigenvalue weighted by Crippen LogP contribution is -2.40. The van der Waals surface area contributed by atoms with E-state index in [2.05, 4.69) is 15.2 Å². The van der Waals surface area contributed by atoms with Gasteiger partial charge in [-0.25, -0.2) is 4.98 Å². The van der Waals surface area contributed by atoms with Crippen molar-refractivity contribution in [2.24, 2.45) is 5.92 Å². The molecular formula is C16H18ClN3OS. The Morgan fingerprint density at radius 1 is 1.32 bits per heavy atom. The molecule has 0 aliphatic carbocycles. The first-order valence-corrected chi connectivity index (χ1v) is 8.65. The molecule has 0 radical (unpaired) electrons. The molecule has 2 heterocycles. The molecule has 1 aliphatic rings. The van der Waals surface area contributed by atoms with Gasteiger partial charge in [-0.2, -0.15) is 0 Å². The fourth-order valence-corrected chi connectivity index (χ4v) is 3.46. The van der Waals surface area contributed by atoms with Crippen LogP contribution in [0.1, 0.15) is 18.4 Å². The third-order valence-corrected chi connectivity index (χ3v) is 5.02. The molecule has 0 atom stereocenters. The topological polar surface area (TPSA) is 45.2 Å². The summed E-state index contributed by atoms with van der Waals surface area (Å²) in [6.07, 6.45) is 3.59. The lowest BCUT2D eigenvalue weighted by molar-refractivity contribution is -0.125. The van der Waals surface area contributed by atoms with Gasteiger partial charge in [-0.1, -0.05) is 23.7 Å². The van der Waals surface area contributed by atoms with Crippen molar-refractivity contribution < 1.29 is 4.79 Å². The maximum absolute atomic E-state index is 12.3. The number of rotatable bonds is 4. The third kappa shape index (κ3) is 3.78. The van der Waals surface area contributed by atoms with Gasteiger partial charge in [-0.05, 0) is 30.5 Å². The molecular weight excluding hydrogens is 318 g/mol. The monoisotopic (exact) mass is 335 g/mol. The second kappa shape index (κ2) is 7.11. The zero-order valence-electron chi connectivity index (χ0n) is 12.2. The van der Waals surface area contributed by atoms with Crippen LogP contribution in [0.3, 0.4) is 0 Å². The zero-order valence-corrected chi connectivity index (χ0v) is 13.7. The van der Waals surface area contributed by atoms with Crippen LogP contribution in [0.25, 0.3) is 0 Å². The number of amides is 1. The highest BCUT2D eigenvalue weighted by Gasteiger charge is 2.25. The minimum atomic E-state index is 0.100. The highest BCUT2D eigenvalue weighted by atomic mass is 35.5. The van der Waals surface area contributed by atoms with E-state index in [0.717, 1.165) is 36.6 Å². The molecule has 0 saturated carbocycles. The van der Waals surface area contributed by atoms with Crippen molar-refractivity contribution in [1.82, 2.24) is 10.3 Å². The van der Waals surface area contributed by atoms with E-state index in [4.69, 9.17) is 11.6 Å². The normalized spacial score (nSPS) is 15.8. The van der Waals surface area contributed by atoms with Crippen LogP contribution in [0.5, 0.6) is 0 Å². The summed E-state index contributed by atoms with van der Waals surface area (Å²) >= 11 is 7.51. The fourth-order valence-electron chi connectivity index (χ4n) is 2.64. The van der Waals surface area contributed by atoms with Gasteiger partial charge < -0.3 is 10.2 Å². The van der Waals surface area contributed by atoms with Gasteiger partial charge in [-0.15, -0.1) is 11.3 Å². The van der Waals surface area contributed by atoms with E-state index >= 15 is 0 Å². The Kier molecular flexibility index (Phi) is 4.95. The van der Waals surface area contributed by atoms with Gasteiger partial charge in [-0.3, -0.25) is 4.79 Å². The highest BCUT2D eigenvalue weighted by Crippen LogP contribution is 2.24. The number of hydrogen-bond donors (Lipinski definition) is 1. The Labute approximate surface area is 139 Å². The van der Waals surface area contributed by atoms with Crippen LogP contribution in [0.4, 0.5) is 5.13 Å². The van der Waals surface area contributed by atoms with Crippen molar-refractivity contribution in [3.05, 3.63) is 46.4 Å². The number of halogens is 1. The predicted molar refractivity (Wildman–Crippen MR) is 90.3 cm³/mol. The molecule has 2 aromatic rings. The van der Waals surface area contributed by atoms with Crippen LogP contribution in [0.2, 0.25) is 5.02 Å². The molecule has 1 N–H and O–H groups in total. The molecule has 0 bridgehead atoms.